The van der Waals surface area contributed by atoms with Gasteiger partial charge in [-0.15, -0.1) is 0 Å². The van der Waals surface area contributed by atoms with Gasteiger partial charge in [0.25, 0.3) is 5.91 Å². The highest BCUT2D eigenvalue weighted by Crippen LogP contribution is 2.34. The zero-order valence-corrected chi connectivity index (χ0v) is 14.4. The number of benzene rings is 2. The van der Waals surface area contributed by atoms with Gasteiger partial charge in [-0.3, -0.25) is 10.1 Å². The topological polar surface area (TPSA) is 41.1 Å². The summed E-state index contributed by atoms with van der Waals surface area (Å²) < 4.78 is 39.4. The quantitative estimate of drug-likeness (QED) is 0.526. The highest BCUT2D eigenvalue weighted by Gasteiger charge is 2.33. The van der Waals surface area contributed by atoms with Gasteiger partial charge in [0.15, 0.2) is 5.11 Å². The van der Waals surface area contributed by atoms with Gasteiger partial charge in [0.05, 0.1) is 16.8 Å². The van der Waals surface area contributed by atoms with Crippen LogP contribution in [0.4, 0.5) is 18.9 Å². The van der Waals surface area contributed by atoms with Crippen molar-refractivity contribution in [3.05, 3.63) is 63.2 Å². The van der Waals surface area contributed by atoms with Crippen LogP contribution in [0.25, 0.3) is 0 Å². The van der Waals surface area contributed by atoms with Gasteiger partial charge in [-0.05, 0) is 59.1 Å². The van der Waals surface area contributed by atoms with Gasteiger partial charge < -0.3 is 5.32 Å². The maximum Gasteiger partial charge on any atom is 0.418 e. The third kappa shape index (κ3) is 4.64. The number of nitrogens with one attached hydrogen (secondary N) is 2. The summed E-state index contributed by atoms with van der Waals surface area (Å²) in [6.45, 7) is 0. The Morgan fingerprint density at radius 3 is 2.30 bits per heavy atom. The van der Waals surface area contributed by atoms with Gasteiger partial charge in [-0.2, -0.15) is 13.2 Å². The number of anilines is 1. The van der Waals surface area contributed by atoms with Crippen LogP contribution < -0.4 is 10.6 Å². The molecule has 0 saturated carbocycles. The summed E-state index contributed by atoms with van der Waals surface area (Å²) in [5.74, 6) is -0.489. The lowest BCUT2D eigenvalue weighted by molar-refractivity contribution is -0.136. The van der Waals surface area contributed by atoms with Crippen LogP contribution in [0.15, 0.2) is 48.5 Å². The van der Waals surface area contributed by atoms with Crippen molar-refractivity contribution < 1.29 is 18.0 Å². The molecule has 2 rings (SSSR count). The molecule has 0 spiro atoms. The van der Waals surface area contributed by atoms with E-state index in [0.717, 1.165) is 6.07 Å². The molecule has 0 fully saturated rings. The molecule has 0 atom stereocenters. The number of thiocarbonyl (C=S) groups is 1. The van der Waals surface area contributed by atoms with Crippen LogP contribution in [0.2, 0.25) is 0 Å². The zero-order chi connectivity index (χ0) is 17.0. The molecule has 120 valence electrons. The number of para-hydroxylation sites is 1. The Kier molecular flexibility index (Phi) is 5.58. The fraction of sp³-hybridized carbons (Fsp3) is 0.0667. The summed E-state index contributed by atoms with van der Waals surface area (Å²) in [6, 6.07) is 11.7. The maximum absolute atomic E-state index is 12.9. The molecular formula is C15H10F3IN2OS. The molecule has 3 nitrogen and oxygen atoms in total. The third-order valence-corrected chi connectivity index (χ3v) is 3.97. The lowest BCUT2D eigenvalue weighted by atomic mass is 10.1. The zero-order valence-electron chi connectivity index (χ0n) is 11.4. The van der Waals surface area contributed by atoms with Crippen LogP contribution in [-0.2, 0) is 6.18 Å². The molecule has 23 heavy (non-hydrogen) atoms. The van der Waals surface area contributed by atoms with E-state index in [1.165, 1.54) is 18.2 Å². The number of amides is 1. The van der Waals surface area contributed by atoms with Crippen molar-refractivity contribution in [2.75, 3.05) is 5.32 Å². The molecule has 0 saturated heterocycles. The monoisotopic (exact) mass is 450 g/mol. The first-order chi connectivity index (χ1) is 10.8. The van der Waals surface area contributed by atoms with E-state index in [0.29, 0.717) is 9.13 Å². The van der Waals surface area contributed by atoms with Gasteiger partial charge in [0.2, 0.25) is 0 Å². The molecule has 1 amide bonds. The summed E-state index contributed by atoms with van der Waals surface area (Å²) in [6.07, 6.45) is -4.52. The van der Waals surface area contributed by atoms with Gasteiger partial charge >= 0.3 is 6.18 Å². The first kappa shape index (κ1) is 17.7. The molecule has 2 aromatic carbocycles. The lowest BCUT2D eigenvalue weighted by Crippen LogP contribution is -2.35. The van der Waals surface area contributed by atoms with Crippen molar-refractivity contribution in [1.82, 2.24) is 5.32 Å². The molecule has 0 aliphatic carbocycles. The molecule has 8 heteroatoms. The highest BCUT2D eigenvalue weighted by atomic mass is 127. The Bertz CT molecular complexity index is 749. The van der Waals surface area contributed by atoms with Gasteiger partial charge in [0.1, 0.15) is 0 Å². The molecule has 2 N–H and O–H groups in total. The molecular weight excluding hydrogens is 440 g/mol. The first-order valence-corrected chi connectivity index (χ1v) is 7.81. The highest BCUT2D eigenvalue weighted by molar-refractivity contribution is 14.1. The second-order valence-corrected chi connectivity index (χ2v) is 6.00. The van der Waals surface area contributed by atoms with E-state index in [-0.39, 0.29) is 10.8 Å². The predicted molar refractivity (Wildman–Crippen MR) is 94.3 cm³/mol. The first-order valence-electron chi connectivity index (χ1n) is 6.32. The van der Waals surface area contributed by atoms with Gasteiger partial charge in [0, 0.05) is 3.57 Å². The molecule has 0 radical (unpaired) electrons. The predicted octanol–water partition coefficient (Wildman–Crippen LogP) is 4.44. The van der Waals surface area contributed by atoms with E-state index >= 15 is 0 Å². The van der Waals surface area contributed by atoms with Crippen molar-refractivity contribution in [3.63, 3.8) is 0 Å². The lowest BCUT2D eigenvalue weighted by Gasteiger charge is -2.15. The standard InChI is InChI=1S/C15H10F3IN2OS/c16-15(17,18)10-6-2-4-8-12(10)20-14(23)21-13(22)9-5-1-3-7-11(9)19/h1-8H,(H2,20,21,22,23). The van der Waals surface area contributed by atoms with Crippen LogP contribution in [-0.4, -0.2) is 11.0 Å². The van der Waals surface area contributed by atoms with Crippen molar-refractivity contribution in [2.45, 2.75) is 6.18 Å². The summed E-state index contributed by atoms with van der Waals surface area (Å²) in [4.78, 5) is 12.1. The number of hydrogen-bond acceptors (Lipinski definition) is 2. The fourth-order valence-corrected chi connectivity index (χ4v) is 2.64. The molecule has 0 heterocycles. The Morgan fingerprint density at radius 1 is 1.04 bits per heavy atom. The average Bonchev–Trinajstić information content (AvgIpc) is 2.46. The van der Waals surface area contributed by atoms with Crippen molar-refractivity contribution >= 4 is 51.5 Å². The Labute approximate surface area is 149 Å². The summed E-state index contributed by atoms with van der Waals surface area (Å²) in [5, 5.41) is 4.59. The van der Waals surface area contributed by atoms with E-state index in [1.54, 1.807) is 24.3 Å². The second kappa shape index (κ2) is 7.26. The van der Waals surface area contributed by atoms with Crippen LogP contribution >= 0.6 is 34.8 Å². The van der Waals surface area contributed by atoms with Crippen LogP contribution in [0.3, 0.4) is 0 Å². The van der Waals surface area contributed by atoms with Crippen molar-refractivity contribution in [3.8, 4) is 0 Å². The largest absolute Gasteiger partial charge is 0.418 e. The normalized spacial score (nSPS) is 11.0. The average molecular weight is 450 g/mol. The minimum atomic E-state index is -4.52. The molecule has 0 aliphatic heterocycles. The van der Waals surface area contributed by atoms with E-state index in [4.69, 9.17) is 12.2 Å². The number of alkyl halides is 3. The number of halogens is 4. The van der Waals surface area contributed by atoms with Crippen LogP contribution in [0.1, 0.15) is 15.9 Å². The van der Waals surface area contributed by atoms with Gasteiger partial charge in [-0.25, -0.2) is 0 Å². The fourth-order valence-electron chi connectivity index (χ4n) is 1.81. The number of carbonyl (C=O) groups is 1. The number of carbonyl (C=O) groups excluding carboxylic acids is 1. The molecule has 0 unspecified atom stereocenters. The molecule has 0 aromatic heterocycles. The number of hydrogen-bond donors (Lipinski definition) is 2. The van der Waals surface area contributed by atoms with Crippen molar-refractivity contribution in [2.24, 2.45) is 0 Å². The van der Waals surface area contributed by atoms with Crippen LogP contribution in [0.5, 0.6) is 0 Å². The Hall–Kier alpha value is -1.68. The Balaban J connectivity index is 2.12. The van der Waals surface area contributed by atoms with E-state index < -0.39 is 17.6 Å². The van der Waals surface area contributed by atoms with Gasteiger partial charge in [-0.1, -0.05) is 24.3 Å². The maximum atomic E-state index is 12.9. The second-order valence-electron chi connectivity index (χ2n) is 4.43. The molecule has 0 aliphatic rings. The minimum absolute atomic E-state index is 0.202. The SMILES string of the molecule is O=C(NC(=S)Nc1ccccc1C(F)(F)F)c1ccccc1I. The summed E-state index contributed by atoms with van der Waals surface area (Å²) >= 11 is 6.91. The van der Waals surface area contributed by atoms with E-state index in [9.17, 15) is 18.0 Å². The van der Waals surface area contributed by atoms with E-state index in [2.05, 4.69) is 10.6 Å². The van der Waals surface area contributed by atoms with E-state index in [1.807, 2.05) is 22.6 Å². The number of rotatable bonds is 2. The summed E-state index contributed by atoms with van der Waals surface area (Å²) in [7, 11) is 0. The molecule has 2 aromatic rings. The van der Waals surface area contributed by atoms with Crippen LogP contribution in [0, 0.1) is 3.57 Å². The minimum Gasteiger partial charge on any atom is -0.332 e. The Morgan fingerprint density at radius 2 is 1.65 bits per heavy atom. The van der Waals surface area contributed by atoms with Crippen molar-refractivity contribution in [1.29, 1.82) is 0 Å². The summed E-state index contributed by atoms with van der Waals surface area (Å²) in [5.41, 5.74) is -0.680. The smallest absolute Gasteiger partial charge is 0.332 e. The molecule has 0 bridgehead atoms. The third-order valence-electron chi connectivity index (χ3n) is 2.83.